The van der Waals surface area contributed by atoms with E-state index in [0.717, 1.165) is 12.8 Å². The second-order valence-corrected chi connectivity index (χ2v) is 8.78. The predicted molar refractivity (Wildman–Crippen MR) is 120 cm³/mol. The lowest BCUT2D eigenvalue weighted by atomic mass is 9.83. The van der Waals surface area contributed by atoms with Crippen molar-refractivity contribution in [3.8, 4) is 5.75 Å². The SMILES string of the molecule is COc1ccc(N2CCN(c3nccc(C(=O)NC4CCC(C)(O)CC4)n3)CC2)c(F)c1. The number of anilines is 2. The number of benzene rings is 1. The first-order valence-electron chi connectivity index (χ1n) is 11.0. The van der Waals surface area contributed by atoms with Crippen LogP contribution < -0.4 is 19.9 Å². The van der Waals surface area contributed by atoms with Crippen LogP contribution in [0.1, 0.15) is 43.1 Å². The van der Waals surface area contributed by atoms with E-state index in [9.17, 15) is 14.3 Å². The van der Waals surface area contributed by atoms with Crippen molar-refractivity contribution in [3.63, 3.8) is 0 Å². The zero-order valence-corrected chi connectivity index (χ0v) is 18.6. The van der Waals surface area contributed by atoms with Crippen molar-refractivity contribution < 1.29 is 19.0 Å². The first-order chi connectivity index (χ1) is 15.3. The highest BCUT2D eigenvalue weighted by Crippen LogP contribution is 2.28. The standard InChI is InChI=1S/C23H30FN5O3/c1-23(31)8-5-16(6-9-23)26-21(30)19-7-10-25-22(27-19)29-13-11-28(12-14-29)20-4-3-17(32-2)15-18(20)24/h3-4,7,10,15-16,31H,5-6,8-9,11-14H2,1-2H3,(H,26,30). The summed E-state index contributed by atoms with van der Waals surface area (Å²) < 4.78 is 19.5. The topological polar surface area (TPSA) is 90.8 Å². The predicted octanol–water partition coefficient (Wildman–Crippen LogP) is 2.37. The van der Waals surface area contributed by atoms with Gasteiger partial charge in [-0.2, -0.15) is 0 Å². The van der Waals surface area contributed by atoms with Crippen molar-refractivity contribution in [1.29, 1.82) is 0 Å². The Bertz CT molecular complexity index is 952. The summed E-state index contributed by atoms with van der Waals surface area (Å²) in [6.07, 6.45) is 4.44. The van der Waals surface area contributed by atoms with Crippen molar-refractivity contribution in [2.75, 3.05) is 43.1 Å². The molecule has 0 unspecified atom stereocenters. The lowest BCUT2D eigenvalue weighted by Gasteiger charge is -2.36. The van der Waals surface area contributed by atoms with Crippen LogP contribution in [0.4, 0.5) is 16.0 Å². The Morgan fingerprint density at radius 1 is 1.19 bits per heavy atom. The molecule has 1 aromatic heterocycles. The zero-order chi connectivity index (χ0) is 22.7. The van der Waals surface area contributed by atoms with E-state index >= 15 is 0 Å². The highest BCUT2D eigenvalue weighted by atomic mass is 19.1. The molecule has 8 nitrogen and oxygen atoms in total. The van der Waals surface area contributed by atoms with E-state index in [1.54, 1.807) is 24.4 Å². The van der Waals surface area contributed by atoms with E-state index in [0.29, 0.717) is 62.1 Å². The number of ether oxygens (including phenoxy) is 1. The van der Waals surface area contributed by atoms with Crippen LogP contribution in [-0.2, 0) is 0 Å². The third-order valence-electron chi connectivity index (χ3n) is 6.33. The van der Waals surface area contributed by atoms with E-state index in [-0.39, 0.29) is 17.8 Å². The fraction of sp³-hybridized carbons (Fsp3) is 0.522. The van der Waals surface area contributed by atoms with Crippen LogP contribution >= 0.6 is 0 Å². The first kappa shape index (κ1) is 22.3. The molecule has 32 heavy (non-hydrogen) atoms. The van der Waals surface area contributed by atoms with Gasteiger partial charge in [0.2, 0.25) is 5.95 Å². The average molecular weight is 444 g/mol. The molecule has 9 heteroatoms. The number of hydrogen-bond acceptors (Lipinski definition) is 7. The number of amides is 1. The molecule has 2 fully saturated rings. The van der Waals surface area contributed by atoms with E-state index in [4.69, 9.17) is 4.74 Å². The second kappa shape index (κ2) is 9.28. The minimum absolute atomic E-state index is 0.0454. The van der Waals surface area contributed by atoms with E-state index in [1.807, 2.05) is 16.7 Å². The summed E-state index contributed by atoms with van der Waals surface area (Å²) in [6.45, 7) is 4.31. The van der Waals surface area contributed by atoms with Crippen molar-refractivity contribution in [2.24, 2.45) is 0 Å². The smallest absolute Gasteiger partial charge is 0.270 e. The van der Waals surface area contributed by atoms with Gasteiger partial charge in [0.25, 0.3) is 5.91 Å². The largest absolute Gasteiger partial charge is 0.497 e. The van der Waals surface area contributed by atoms with Crippen LogP contribution in [0, 0.1) is 5.82 Å². The molecule has 2 heterocycles. The maximum atomic E-state index is 14.4. The Hall–Kier alpha value is -2.94. The van der Waals surface area contributed by atoms with Crippen LogP contribution in [-0.4, -0.2) is 65.9 Å². The Morgan fingerprint density at radius 2 is 1.88 bits per heavy atom. The van der Waals surface area contributed by atoms with Gasteiger partial charge in [0.05, 0.1) is 18.4 Å². The molecule has 0 bridgehead atoms. The summed E-state index contributed by atoms with van der Waals surface area (Å²) in [6, 6.07) is 6.53. The Morgan fingerprint density at radius 3 is 2.53 bits per heavy atom. The highest BCUT2D eigenvalue weighted by molar-refractivity contribution is 5.92. The van der Waals surface area contributed by atoms with Crippen LogP contribution in [0.3, 0.4) is 0 Å². The Balaban J connectivity index is 1.35. The van der Waals surface area contributed by atoms with Crippen LogP contribution in [0.5, 0.6) is 5.75 Å². The van der Waals surface area contributed by atoms with Crippen molar-refractivity contribution >= 4 is 17.5 Å². The monoisotopic (exact) mass is 443 g/mol. The number of carbonyl (C=O) groups excluding carboxylic acids is 1. The van der Waals surface area contributed by atoms with Crippen molar-refractivity contribution in [2.45, 2.75) is 44.2 Å². The molecule has 2 aromatic rings. The molecule has 2 aliphatic rings. The average Bonchev–Trinajstić information content (AvgIpc) is 2.80. The van der Waals surface area contributed by atoms with Gasteiger partial charge in [-0.3, -0.25) is 4.79 Å². The van der Waals surface area contributed by atoms with Crippen molar-refractivity contribution in [3.05, 3.63) is 42.0 Å². The number of aliphatic hydroxyl groups is 1. The van der Waals surface area contributed by atoms with Crippen LogP contribution in [0.15, 0.2) is 30.5 Å². The van der Waals surface area contributed by atoms with Gasteiger partial charge in [0, 0.05) is 44.5 Å². The van der Waals surface area contributed by atoms with Gasteiger partial charge in [0.1, 0.15) is 17.3 Å². The number of nitrogens with zero attached hydrogens (tertiary/aromatic N) is 4. The molecule has 4 rings (SSSR count). The molecule has 1 saturated carbocycles. The first-order valence-corrected chi connectivity index (χ1v) is 11.0. The summed E-state index contributed by atoms with van der Waals surface area (Å²) >= 11 is 0. The maximum absolute atomic E-state index is 14.4. The molecule has 1 saturated heterocycles. The van der Waals surface area contributed by atoms with Crippen molar-refractivity contribution in [1.82, 2.24) is 15.3 Å². The van der Waals surface area contributed by atoms with Gasteiger partial charge in [0.15, 0.2) is 0 Å². The number of hydrogen-bond donors (Lipinski definition) is 2. The number of rotatable bonds is 5. The molecule has 1 aromatic carbocycles. The number of methoxy groups -OCH3 is 1. The Kier molecular flexibility index (Phi) is 6.45. The molecule has 0 atom stereocenters. The molecule has 2 N–H and O–H groups in total. The molecular formula is C23H30FN5O3. The summed E-state index contributed by atoms with van der Waals surface area (Å²) in [5, 5.41) is 13.1. The zero-order valence-electron chi connectivity index (χ0n) is 18.6. The van der Waals surface area contributed by atoms with E-state index in [2.05, 4.69) is 15.3 Å². The quantitative estimate of drug-likeness (QED) is 0.733. The van der Waals surface area contributed by atoms with Crippen LogP contribution in [0.25, 0.3) is 0 Å². The van der Waals surface area contributed by atoms with E-state index < -0.39 is 5.60 Å². The number of piperazine rings is 1. The molecular weight excluding hydrogens is 413 g/mol. The summed E-state index contributed by atoms with van der Waals surface area (Å²) in [5.41, 5.74) is 0.238. The van der Waals surface area contributed by atoms with Crippen LogP contribution in [0.2, 0.25) is 0 Å². The van der Waals surface area contributed by atoms with E-state index in [1.165, 1.54) is 13.2 Å². The third kappa shape index (κ3) is 5.09. The van der Waals surface area contributed by atoms with Gasteiger partial charge >= 0.3 is 0 Å². The maximum Gasteiger partial charge on any atom is 0.270 e. The molecule has 1 amide bonds. The number of halogens is 1. The highest BCUT2D eigenvalue weighted by Gasteiger charge is 2.30. The summed E-state index contributed by atoms with van der Waals surface area (Å²) in [4.78, 5) is 25.5. The minimum atomic E-state index is -0.639. The molecule has 1 aliphatic carbocycles. The third-order valence-corrected chi connectivity index (χ3v) is 6.33. The minimum Gasteiger partial charge on any atom is -0.497 e. The summed E-state index contributed by atoms with van der Waals surface area (Å²) in [5.74, 6) is 0.460. The number of carbonyl (C=O) groups is 1. The van der Waals surface area contributed by atoms with Gasteiger partial charge in [-0.15, -0.1) is 0 Å². The molecule has 172 valence electrons. The molecule has 0 spiro atoms. The number of aromatic nitrogens is 2. The Labute approximate surface area is 187 Å². The molecule has 1 aliphatic heterocycles. The van der Waals surface area contributed by atoms with Gasteiger partial charge in [-0.25, -0.2) is 14.4 Å². The molecule has 0 radical (unpaired) electrons. The summed E-state index contributed by atoms with van der Waals surface area (Å²) in [7, 11) is 1.52. The fourth-order valence-corrected chi connectivity index (χ4v) is 4.29. The lowest BCUT2D eigenvalue weighted by Crippen LogP contribution is -2.47. The second-order valence-electron chi connectivity index (χ2n) is 8.78. The van der Waals surface area contributed by atoms with Gasteiger partial charge in [-0.05, 0) is 50.8 Å². The lowest BCUT2D eigenvalue weighted by molar-refractivity contribution is 0.0140. The fourth-order valence-electron chi connectivity index (χ4n) is 4.29. The normalized spacial score (nSPS) is 23.7. The van der Waals surface area contributed by atoms with Gasteiger partial charge < -0.3 is 25.0 Å². The number of nitrogens with one attached hydrogen (secondary N) is 1. The van der Waals surface area contributed by atoms with Gasteiger partial charge in [-0.1, -0.05) is 0 Å².